The fourth-order valence-electron chi connectivity index (χ4n) is 4.59. The number of piperidine rings is 1. The second-order valence-corrected chi connectivity index (χ2v) is 7.71. The van der Waals surface area contributed by atoms with Crippen molar-refractivity contribution in [3.8, 4) is 11.4 Å². The molecule has 3 fully saturated rings. The van der Waals surface area contributed by atoms with Gasteiger partial charge in [-0.2, -0.15) is 4.98 Å². The lowest BCUT2D eigenvalue weighted by Crippen LogP contribution is -2.29. The van der Waals surface area contributed by atoms with Gasteiger partial charge in [0.2, 0.25) is 11.7 Å². The largest absolute Gasteiger partial charge is 0.374 e. The molecule has 0 N–H and O–H groups in total. The van der Waals surface area contributed by atoms with Crippen LogP contribution in [0.4, 0.5) is 0 Å². The Morgan fingerprint density at radius 1 is 1.12 bits per heavy atom. The number of aromatic nitrogens is 2. The average molecular weight is 339 g/mol. The minimum atomic E-state index is 0.281. The summed E-state index contributed by atoms with van der Waals surface area (Å²) in [6, 6.07) is 8.58. The van der Waals surface area contributed by atoms with Gasteiger partial charge in [-0.1, -0.05) is 29.8 Å². The van der Waals surface area contributed by atoms with E-state index in [2.05, 4.69) is 34.3 Å². The topological polar surface area (TPSA) is 51.4 Å². The third-order valence-corrected chi connectivity index (χ3v) is 5.90. The highest BCUT2D eigenvalue weighted by atomic mass is 16.5. The van der Waals surface area contributed by atoms with E-state index in [1.807, 2.05) is 0 Å². The van der Waals surface area contributed by atoms with E-state index in [0.29, 0.717) is 11.9 Å². The first-order chi connectivity index (χ1) is 12.3. The fraction of sp³-hybridized carbons (Fsp3) is 0.600. The molecule has 4 heterocycles. The summed E-state index contributed by atoms with van der Waals surface area (Å²) in [4.78, 5) is 7.24. The number of likely N-dealkylation sites (tertiary alicyclic amines) is 1. The van der Waals surface area contributed by atoms with Gasteiger partial charge in [-0.25, -0.2) is 0 Å². The molecule has 5 rings (SSSR count). The second-order valence-electron chi connectivity index (χ2n) is 7.71. The molecule has 0 amide bonds. The molecule has 1 aromatic heterocycles. The summed E-state index contributed by atoms with van der Waals surface area (Å²) in [6.45, 7) is 3.43. The van der Waals surface area contributed by atoms with E-state index in [1.165, 1.54) is 44.3 Å². The average Bonchev–Trinajstić information content (AvgIpc) is 3.39. The van der Waals surface area contributed by atoms with Crippen LogP contribution in [0.3, 0.4) is 0 Å². The molecule has 5 heteroatoms. The quantitative estimate of drug-likeness (QED) is 0.849. The first-order valence-corrected chi connectivity index (χ1v) is 9.66. The van der Waals surface area contributed by atoms with Crippen LogP contribution in [0.1, 0.15) is 55.9 Å². The summed E-state index contributed by atoms with van der Waals surface area (Å²) in [6.07, 6.45) is 8.02. The summed E-state index contributed by atoms with van der Waals surface area (Å²) in [5.41, 5.74) is 2.38. The molecule has 2 bridgehead atoms. The zero-order valence-corrected chi connectivity index (χ0v) is 14.6. The monoisotopic (exact) mass is 339 g/mol. The molecule has 1 aromatic carbocycles. The Hall–Kier alpha value is -1.72. The van der Waals surface area contributed by atoms with Gasteiger partial charge in [0.05, 0.1) is 18.1 Å². The van der Waals surface area contributed by atoms with Crippen molar-refractivity contribution in [2.45, 2.75) is 63.2 Å². The molecule has 2 aromatic rings. The third-order valence-electron chi connectivity index (χ3n) is 5.90. The van der Waals surface area contributed by atoms with E-state index < -0.39 is 0 Å². The molecule has 25 heavy (non-hydrogen) atoms. The fourth-order valence-corrected chi connectivity index (χ4v) is 4.59. The molecule has 3 saturated heterocycles. The number of benzene rings is 1. The number of hydrogen-bond acceptors (Lipinski definition) is 5. The predicted molar refractivity (Wildman–Crippen MR) is 94.1 cm³/mol. The van der Waals surface area contributed by atoms with Crippen LogP contribution >= 0.6 is 0 Å². The highest BCUT2D eigenvalue weighted by Crippen LogP contribution is 2.44. The highest BCUT2D eigenvalue weighted by molar-refractivity contribution is 5.55. The van der Waals surface area contributed by atoms with Crippen molar-refractivity contribution >= 4 is 0 Å². The molecular formula is C20H25N3O2. The maximum absolute atomic E-state index is 5.92. The molecule has 3 atom stereocenters. The number of rotatable bonds is 4. The Balaban J connectivity index is 1.32. The predicted octanol–water partition coefficient (Wildman–Crippen LogP) is 3.76. The van der Waals surface area contributed by atoms with Crippen molar-refractivity contribution in [2.24, 2.45) is 0 Å². The van der Waals surface area contributed by atoms with E-state index in [9.17, 15) is 0 Å². The number of hydrogen-bond donors (Lipinski definition) is 0. The van der Waals surface area contributed by atoms with Crippen molar-refractivity contribution in [3.05, 3.63) is 35.7 Å². The zero-order chi connectivity index (χ0) is 16.6. The van der Waals surface area contributed by atoms with Gasteiger partial charge in [-0.3, -0.25) is 4.90 Å². The maximum Gasteiger partial charge on any atom is 0.232 e. The first kappa shape index (κ1) is 15.5. The van der Waals surface area contributed by atoms with Crippen LogP contribution in [0, 0.1) is 0 Å². The normalized spacial score (nSPS) is 29.4. The Morgan fingerprint density at radius 2 is 2.04 bits per heavy atom. The highest BCUT2D eigenvalue weighted by Gasteiger charge is 2.44. The summed E-state index contributed by atoms with van der Waals surface area (Å²) in [7, 11) is 0. The van der Waals surface area contributed by atoms with Gasteiger partial charge in [-0.15, -0.1) is 0 Å². The minimum absolute atomic E-state index is 0.281. The molecule has 0 aliphatic carbocycles. The minimum Gasteiger partial charge on any atom is -0.374 e. The van der Waals surface area contributed by atoms with E-state index in [4.69, 9.17) is 14.2 Å². The lowest BCUT2D eigenvalue weighted by Gasteiger charge is -2.26. The van der Waals surface area contributed by atoms with Crippen molar-refractivity contribution in [2.75, 3.05) is 13.1 Å². The first-order valence-electron chi connectivity index (χ1n) is 9.66. The standard InChI is InChI=1S/C20H25N3O2/c1-2-9-23(10-3-1)13-14-5-4-6-15(11-14)19-21-20(25-22-19)17-12-16-7-8-18(17)24-16/h4-6,11,16-18H,1-3,7-10,12-13H2/t16-,17+,18+/m1/s1. The van der Waals surface area contributed by atoms with Gasteiger partial charge >= 0.3 is 0 Å². The van der Waals surface area contributed by atoms with Crippen LogP contribution in [0.15, 0.2) is 28.8 Å². The van der Waals surface area contributed by atoms with Crippen LogP contribution in [-0.4, -0.2) is 40.3 Å². The van der Waals surface area contributed by atoms with Gasteiger partial charge in [0.15, 0.2) is 0 Å². The molecule has 0 saturated carbocycles. The van der Waals surface area contributed by atoms with E-state index in [-0.39, 0.29) is 12.0 Å². The molecule has 3 aliphatic heterocycles. The number of ether oxygens (including phenoxy) is 1. The Bertz CT molecular complexity index is 738. The van der Waals surface area contributed by atoms with Gasteiger partial charge in [-0.05, 0) is 56.8 Å². The van der Waals surface area contributed by atoms with Crippen LogP contribution in [0.25, 0.3) is 11.4 Å². The third kappa shape index (κ3) is 3.11. The van der Waals surface area contributed by atoms with Crippen LogP contribution in [0.5, 0.6) is 0 Å². The molecule has 0 unspecified atom stereocenters. The molecule has 0 spiro atoms. The molecule has 3 aliphatic rings. The lowest BCUT2D eigenvalue weighted by molar-refractivity contribution is 0.0974. The van der Waals surface area contributed by atoms with Gasteiger partial charge in [0.25, 0.3) is 0 Å². The summed E-state index contributed by atoms with van der Waals surface area (Å²) < 4.78 is 11.5. The van der Waals surface area contributed by atoms with E-state index in [0.717, 1.165) is 30.8 Å². The summed E-state index contributed by atoms with van der Waals surface area (Å²) >= 11 is 0. The van der Waals surface area contributed by atoms with Crippen molar-refractivity contribution in [1.29, 1.82) is 0 Å². The Kier molecular flexibility index (Phi) is 4.06. The van der Waals surface area contributed by atoms with Crippen molar-refractivity contribution in [1.82, 2.24) is 15.0 Å². The van der Waals surface area contributed by atoms with E-state index in [1.54, 1.807) is 0 Å². The van der Waals surface area contributed by atoms with Gasteiger partial charge in [0.1, 0.15) is 0 Å². The second kappa shape index (κ2) is 6.54. The van der Waals surface area contributed by atoms with Crippen LogP contribution in [0.2, 0.25) is 0 Å². The zero-order valence-electron chi connectivity index (χ0n) is 14.6. The molecule has 5 nitrogen and oxygen atoms in total. The smallest absolute Gasteiger partial charge is 0.232 e. The van der Waals surface area contributed by atoms with Crippen LogP contribution < -0.4 is 0 Å². The van der Waals surface area contributed by atoms with Crippen molar-refractivity contribution < 1.29 is 9.26 Å². The van der Waals surface area contributed by atoms with Crippen molar-refractivity contribution in [3.63, 3.8) is 0 Å². The number of nitrogens with zero attached hydrogens (tertiary/aromatic N) is 3. The molecule has 132 valence electrons. The summed E-state index contributed by atoms with van der Waals surface area (Å²) in [5, 5.41) is 4.25. The maximum atomic E-state index is 5.92. The number of fused-ring (bicyclic) bond motifs is 2. The Labute approximate surface area is 148 Å². The van der Waals surface area contributed by atoms with E-state index >= 15 is 0 Å². The molecule has 0 radical (unpaired) electrons. The molecular weight excluding hydrogens is 314 g/mol. The van der Waals surface area contributed by atoms with Crippen LogP contribution in [-0.2, 0) is 11.3 Å². The Morgan fingerprint density at radius 3 is 2.84 bits per heavy atom. The SMILES string of the molecule is c1cc(CN2CCCCC2)cc(-c2noc([C@H]3C[C@H]4CC[C@@H]3O4)n2)c1. The summed E-state index contributed by atoms with van der Waals surface area (Å²) in [5.74, 6) is 1.75. The lowest BCUT2D eigenvalue weighted by atomic mass is 9.89. The van der Waals surface area contributed by atoms with Gasteiger partial charge in [0, 0.05) is 12.1 Å². The van der Waals surface area contributed by atoms with Gasteiger partial charge < -0.3 is 9.26 Å².